The van der Waals surface area contributed by atoms with Crippen molar-refractivity contribution in [3.8, 4) is 5.75 Å². The molecule has 0 radical (unpaired) electrons. The van der Waals surface area contributed by atoms with Crippen molar-refractivity contribution in [1.29, 1.82) is 0 Å². The van der Waals surface area contributed by atoms with Crippen molar-refractivity contribution in [2.45, 2.75) is 64.1 Å². The van der Waals surface area contributed by atoms with E-state index >= 15 is 0 Å². The highest BCUT2D eigenvalue weighted by Crippen LogP contribution is 2.53. The Kier molecular flexibility index (Phi) is 11.1. The number of methoxy groups -OCH3 is 1. The first-order chi connectivity index (χ1) is 19.9. The van der Waals surface area contributed by atoms with E-state index < -0.39 is 6.10 Å². The van der Waals surface area contributed by atoms with Crippen molar-refractivity contribution >= 4 is 13.9 Å². The number of hydrogen-bond donors (Lipinski definition) is 1. The molecule has 0 aliphatic heterocycles. The van der Waals surface area contributed by atoms with E-state index in [0.29, 0.717) is 14.1 Å². The number of aliphatic hydroxyl groups excluding tert-OH is 1. The van der Waals surface area contributed by atoms with Gasteiger partial charge in [-0.15, -0.1) is 0 Å². The number of hydrogen-bond acceptors (Lipinski definition) is 3. The fourth-order valence-corrected chi connectivity index (χ4v) is 7.66. The van der Waals surface area contributed by atoms with Crippen LogP contribution in [0.25, 0.3) is 0 Å². The van der Waals surface area contributed by atoms with Gasteiger partial charge in [0.25, 0.3) is 0 Å². The minimum atomic E-state index is -0.758. The lowest BCUT2D eigenvalue weighted by atomic mass is 9.85. The van der Waals surface area contributed by atoms with Gasteiger partial charge in [0.15, 0.2) is 6.79 Å². The number of benzene rings is 4. The van der Waals surface area contributed by atoms with E-state index in [-0.39, 0.29) is 17.8 Å². The molecule has 0 fully saturated rings. The van der Waals surface area contributed by atoms with Crippen LogP contribution in [0.4, 0.5) is 4.39 Å². The number of aliphatic hydroxyl groups is 1. The summed E-state index contributed by atoms with van der Waals surface area (Å²) in [5.74, 6) is 0.544. The molecule has 0 saturated carbocycles. The minimum absolute atomic E-state index is 0.150. The molecule has 216 valence electrons. The number of halogens is 1. The van der Waals surface area contributed by atoms with Crippen molar-refractivity contribution in [2.75, 3.05) is 13.9 Å². The SMILES string of the molecule is CCCC(CC)(Pc1ccc(F)cc1C(C)O)c1cc(Cc2ccccc2)cc(Cc2ccccc2)c1OCOC. The maximum atomic E-state index is 14.3. The molecule has 5 heteroatoms. The average Bonchev–Trinajstić information content (AvgIpc) is 2.98. The summed E-state index contributed by atoms with van der Waals surface area (Å²) < 4.78 is 26.2. The molecule has 0 spiro atoms. The second-order valence-corrected chi connectivity index (χ2v) is 12.5. The first-order valence-electron chi connectivity index (χ1n) is 14.5. The summed E-state index contributed by atoms with van der Waals surface area (Å²) in [4.78, 5) is 0. The van der Waals surface area contributed by atoms with Gasteiger partial charge in [0.1, 0.15) is 11.6 Å². The summed E-state index contributed by atoms with van der Waals surface area (Å²) in [6.45, 7) is 6.30. The highest BCUT2D eigenvalue weighted by Gasteiger charge is 2.35. The number of rotatable bonds is 14. The molecule has 41 heavy (non-hydrogen) atoms. The van der Waals surface area contributed by atoms with Crippen LogP contribution in [0.5, 0.6) is 5.75 Å². The predicted molar refractivity (Wildman–Crippen MR) is 169 cm³/mol. The van der Waals surface area contributed by atoms with Crippen LogP contribution in [0.3, 0.4) is 0 Å². The number of ether oxygens (including phenoxy) is 2. The molecule has 0 heterocycles. The highest BCUT2D eigenvalue weighted by atomic mass is 31.1. The Hall–Kier alpha value is -3.04. The standard InChI is InChI=1S/C36H42FO3P/c1-5-19-36(6-2,41-34-18-17-31(37)24-32(34)26(3)38)33-23-29(20-27-13-9-7-10-14-27)22-30(35(33)40-25-39-4)21-28-15-11-8-12-16-28/h7-18,22-24,26,38,41H,5-6,19-21,25H2,1-4H3. The maximum Gasteiger partial charge on any atom is 0.188 e. The molecule has 4 aromatic carbocycles. The van der Waals surface area contributed by atoms with Crippen LogP contribution in [-0.4, -0.2) is 19.0 Å². The molecule has 1 N–H and O–H groups in total. The van der Waals surface area contributed by atoms with Gasteiger partial charge in [0, 0.05) is 24.3 Å². The molecular weight excluding hydrogens is 530 g/mol. The summed E-state index contributed by atoms with van der Waals surface area (Å²) in [6.07, 6.45) is 3.57. The van der Waals surface area contributed by atoms with E-state index in [9.17, 15) is 9.50 Å². The molecule has 0 amide bonds. The Morgan fingerprint density at radius 1 is 0.854 bits per heavy atom. The Labute approximate surface area is 246 Å². The van der Waals surface area contributed by atoms with Crippen LogP contribution < -0.4 is 10.0 Å². The Morgan fingerprint density at radius 2 is 1.51 bits per heavy atom. The zero-order valence-corrected chi connectivity index (χ0v) is 25.6. The zero-order chi connectivity index (χ0) is 29.2. The third-order valence-electron chi connectivity index (χ3n) is 7.67. The van der Waals surface area contributed by atoms with E-state index in [1.165, 1.54) is 28.8 Å². The Morgan fingerprint density at radius 3 is 2.10 bits per heavy atom. The summed E-state index contributed by atoms with van der Waals surface area (Å²) >= 11 is 0. The lowest BCUT2D eigenvalue weighted by Crippen LogP contribution is -2.26. The largest absolute Gasteiger partial charge is 0.467 e. The molecule has 3 atom stereocenters. The summed E-state index contributed by atoms with van der Waals surface area (Å²) in [6, 6.07) is 30.5. The van der Waals surface area contributed by atoms with Gasteiger partial charge in [0.2, 0.25) is 0 Å². The van der Waals surface area contributed by atoms with Gasteiger partial charge in [-0.3, -0.25) is 0 Å². The molecule has 0 aliphatic carbocycles. The first kappa shape index (κ1) is 30.9. The van der Waals surface area contributed by atoms with E-state index in [0.717, 1.165) is 54.3 Å². The van der Waals surface area contributed by atoms with Crippen LogP contribution in [0.15, 0.2) is 91.0 Å². The zero-order valence-electron chi connectivity index (χ0n) is 24.6. The molecule has 3 unspecified atom stereocenters. The lowest BCUT2D eigenvalue weighted by Gasteiger charge is -2.37. The van der Waals surface area contributed by atoms with E-state index in [4.69, 9.17) is 9.47 Å². The van der Waals surface area contributed by atoms with Crippen molar-refractivity contribution in [2.24, 2.45) is 0 Å². The van der Waals surface area contributed by atoms with Gasteiger partial charge in [-0.05, 0) is 71.4 Å². The predicted octanol–water partition coefficient (Wildman–Crippen LogP) is 8.45. The maximum absolute atomic E-state index is 14.3. The third kappa shape index (κ3) is 7.83. The second-order valence-electron chi connectivity index (χ2n) is 10.7. The fourth-order valence-electron chi connectivity index (χ4n) is 5.68. The van der Waals surface area contributed by atoms with Gasteiger partial charge in [0.05, 0.1) is 6.10 Å². The molecule has 0 aromatic heterocycles. The van der Waals surface area contributed by atoms with E-state index in [1.54, 1.807) is 14.0 Å². The van der Waals surface area contributed by atoms with Crippen LogP contribution in [-0.2, 0) is 22.7 Å². The topological polar surface area (TPSA) is 38.7 Å². The van der Waals surface area contributed by atoms with Crippen molar-refractivity contribution < 1.29 is 19.0 Å². The van der Waals surface area contributed by atoms with Gasteiger partial charge in [-0.1, -0.05) is 108 Å². The van der Waals surface area contributed by atoms with Crippen LogP contribution in [0.1, 0.15) is 79.5 Å². The first-order valence-corrected chi connectivity index (χ1v) is 15.5. The summed E-state index contributed by atoms with van der Waals surface area (Å²) in [5.41, 5.74) is 6.65. The molecule has 0 aliphatic rings. The molecule has 0 saturated heterocycles. The minimum Gasteiger partial charge on any atom is -0.467 e. The van der Waals surface area contributed by atoms with Crippen LogP contribution in [0, 0.1) is 5.82 Å². The fraction of sp³-hybridized carbons (Fsp3) is 0.333. The smallest absolute Gasteiger partial charge is 0.188 e. The Balaban J connectivity index is 1.94. The van der Waals surface area contributed by atoms with Crippen LogP contribution in [0.2, 0.25) is 0 Å². The summed E-state index contributed by atoms with van der Waals surface area (Å²) in [5, 5.41) is 11.3. The van der Waals surface area contributed by atoms with E-state index in [1.807, 2.05) is 18.2 Å². The molecule has 4 aromatic rings. The molecule has 3 nitrogen and oxygen atoms in total. The van der Waals surface area contributed by atoms with Crippen molar-refractivity contribution in [3.05, 3.63) is 130 Å². The van der Waals surface area contributed by atoms with Gasteiger partial charge >= 0.3 is 0 Å². The van der Waals surface area contributed by atoms with Gasteiger partial charge in [-0.2, -0.15) is 0 Å². The summed E-state index contributed by atoms with van der Waals surface area (Å²) in [7, 11) is 1.97. The quantitative estimate of drug-likeness (QED) is 0.122. The monoisotopic (exact) mass is 572 g/mol. The third-order valence-corrected chi connectivity index (χ3v) is 9.74. The second kappa shape index (κ2) is 14.7. The lowest BCUT2D eigenvalue weighted by molar-refractivity contribution is 0.0492. The highest BCUT2D eigenvalue weighted by molar-refractivity contribution is 7.48. The van der Waals surface area contributed by atoms with Crippen molar-refractivity contribution in [1.82, 2.24) is 0 Å². The normalized spacial score (nSPS) is 13.8. The Bertz CT molecular complexity index is 1390. The molecular formula is C36H42FO3P. The van der Waals surface area contributed by atoms with E-state index in [2.05, 4.69) is 74.5 Å². The van der Waals surface area contributed by atoms with Gasteiger partial charge < -0.3 is 14.6 Å². The molecule has 0 bridgehead atoms. The van der Waals surface area contributed by atoms with Gasteiger partial charge in [-0.25, -0.2) is 4.39 Å². The average molecular weight is 573 g/mol. The molecule has 4 rings (SSSR count). The van der Waals surface area contributed by atoms with Crippen molar-refractivity contribution in [3.63, 3.8) is 0 Å². The van der Waals surface area contributed by atoms with Crippen LogP contribution >= 0.6 is 8.58 Å².